The van der Waals surface area contributed by atoms with Crippen LogP contribution in [0.5, 0.6) is 5.75 Å². The van der Waals surface area contributed by atoms with Crippen molar-refractivity contribution in [3.8, 4) is 23.2 Å². The van der Waals surface area contributed by atoms with Crippen LogP contribution < -0.4 is 4.74 Å². The van der Waals surface area contributed by atoms with Crippen LogP contribution in [0.25, 0.3) is 11.4 Å². The van der Waals surface area contributed by atoms with Crippen molar-refractivity contribution in [2.75, 3.05) is 0 Å². The molecule has 0 aliphatic carbocycles. The number of hydrogen-bond donors (Lipinski definition) is 0. The van der Waals surface area contributed by atoms with Crippen LogP contribution in [0.1, 0.15) is 36.8 Å². The molecule has 0 radical (unpaired) electrons. The van der Waals surface area contributed by atoms with Gasteiger partial charge in [-0.1, -0.05) is 43.3 Å². The molecule has 24 heavy (non-hydrogen) atoms. The van der Waals surface area contributed by atoms with Gasteiger partial charge in [0.05, 0.1) is 11.6 Å². The number of rotatable bonds is 5. The van der Waals surface area contributed by atoms with E-state index in [1.807, 2.05) is 12.1 Å². The van der Waals surface area contributed by atoms with E-state index >= 15 is 0 Å². The first-order valence-electron chi connectivity index (χ1n) is 7.71. The van der Waals surface area contributed by atoms with Crippen LogP contribution in [-0.2, 0) is 6.61 Å². The van der Waals surface area contributed by atoms with E-state index in [0.29, 0.717) is 28.9 Å². The topological polar surface area (TPSA) is 71.9 Å². The molecule has 0 bridgehead atoms. The van der Waals surface area contributed by atoms with Gasteiger partial charge in [-0.25, -0.2) is 0 Å². The molecule has 0 aliphatic rings. The average Bonchev–Trinajstić information content (AvgIpc) is 3.09. The first-order chi connectivity index (χ1) is 11.7. The number of nitriles is 1. The van der Waals surface area contributed by atoms with E-state index in [1.54, 1.807) is 24.3 Å². The zero-order valence-corrected chi connectivity index (χ0v) is 13.6. The van der Waals surface area contributed by atoms with Crippen LogP contribution >= 0.6 is 0 Å². The molecule has 1 heterocycles. The highest BCUT2D eigenvalue weighted by Gasteiger charge is 2.10. The van der Waals surface area contributed by atoms with Gasteiger partial charge in [-0.05, 0) is 35.7 Å². The predicted molar refractivity (Wildman–Crippen MR) is 89.3 cm³/mol. The lowest BCUT2D eigenvalue weighted by Crippen LogP contribution is -1.95. The van der Waals surface area contributed by atoms with Crippen molar-refractivity contribution >= 4 is 0 Å². The Hall–Kier alpha value is -3.13. The molecule has 3 aromatic rings. The standard InChI is InChI=1S/C19H17N3O2/c1-13(2)15-5-7-16(8-6-15)19-21-18(24-22-19)12-23-17-9-3-14(11-20)4-10-17/h3-10,13H,12H2,1-2H3. The number of nitrogens with zero attached hydrogens (tertiary/aromatic N) is 3. The maximum absolute atomic E-state index is 8.77. The molecule has 0 unspecified atom stereocenters. The molecule has 0 saturated heterocycles. The maximum atomic E-state index is 8.77. The summed E-state index contributed by atoms with van der Waals surface area (Å²) in [5.74, 6) is 2.08. The third kappa shape index (κ3) is 3.61. The van der Waals surface area contributed by atoms with Crippen molar-refractivity contribution < 1.29 is 9.26 Å². The molecule has 0 N–H and O–H groups in total. The van der Waals surface area contributed by atoms with Gasteiger partial charge in [0.2, 0.25) is 5.82 Å². The van der Waals surface area contributed by atoms with E-state index in [9.17, 15) is 0 Å². The van der Waals surface area contributed by atoms with Gasteiger partial charge in [-0.3, -0.25) is 0 Å². The Morgan fingerprint density at radius 1 is 1.08 bits per heavy atom. The van der Waals surface area contributed by atoms with Gasteiger partial charge in [0.15, 0.2) is 6.61 Å². The second-order valence-electron chi connectivity index (χ2n) is 5.71. The third-order valence-corrected chi connectivity index (χ3v) is 3.65. The predicted octanol–water partition coefficient (Wildman–Crippen LogP) is 4.31. The Morgan fingerprint density at radius 3 is 2.42 bits per heavy atom. The highest BCUT2D eigenvalue weighted by atomic mass is 16.5. The van der Waals surface area contributed by atoms with Gasteiger partial charge in [0.1, 0.15) is 5.75 Å². The fourth-order valence-corrected chi connectivity index (χ4v) is 2.22. The Morgan fingerprint density at radius 2 is 1.79 bits per heavy atom. The van der Waals surface area contributed by atoms with Crippen LogP contribution in [0.3, 0.4) is 0 Å². The second kappa shape index (κ2) is 6.97. The summed E-state index contributed by atoms with van der Waals surface area (Å²) in [5, 5.41) is 12.8. The van der Waals surface area contributed by atoms with Crippen LogP contribution in [-0.4, -0.2) is 10.1 Å². The maximum Gasteiger partial charge on any atom is 0.264 e. The van der Waals surface area contributed by atoms with E-state index in [0.717, 1.165) is 5.56 Å². The summed E-state index contributed by atoms with van der Waals surface area (Å²) < 4.78 is 10.8. The SMILES string of the molecule is CC(C)c1ccc(-c2noc(COc3ccc(C#N)cc3)n2)cc1. The number of hydrogen-bond acceptors (Lipinski definition) is 5. The summed E-state index contributed by atoms with van der Waals surface area (Å²) in [5.41, 5.74) is 2.77. The lowest BCUT2D eigenvalue weighted by molar-refractivity contribution is 0.243. The van der Waals surface area contributed by atoms with Gasteiger partial charge in [0.25, 0.3) is 5.89 Å². The van der Waals surface area contributed by atoms with Crippen molar-refractivity contribution in [1.82, 2.24) is 10.1 Å². The van der Waals surface area contributed by atoms with Crippen molar-refractivity contribution in [1.29, 1.82) is 5.26 Å². The van der Waals surface area contributed by atoms with Crippen molar-refractivity contribution in [2.24, 2.45) is 0 Å². The molecule has 0 atom stereocenters. The molecule has 3 rings (SSSR count). The van der Waals surface area contributed by atoms with Crippen molar-refractivity contribution in [3.63, 3.8) is 0 Å². The van der Waals surface area contributed by atoms with Gasteiger partial charge in [0, 0.05) is 5.56 Å². The summed E-state index contributed by atoms with van der Waals surface area (Å²) in [6.45, 7) is 4.49. The molecular weight excluding hydrogens is 302 g/mol. The minimum atomic E-state index is 0.184. The molecule has 0 aliphatic heterocycles. The fraction of sp³-hybridized carbons (Fsp3) is 0.211. The highest BCUT2D eigenvalue weighted by Crippen LogP contribution is 2.21. The quantitative estimate of drug-likeness (QED) is 0.700. The summed E-state index contributed by atoms with van der Waals surface area (Å²) in [6.07, 6.45) is 0. The summed E-state index contributed by atoms with van der Waals surface area (Å²) in [4.78, 5) is 4.35. The van der Waals surface area contributed by atoms with Gasteiger partial charge in [-0.2, -0.15) is 10.2 Å². The second-order valence-corrected chi connectivity index (χ2v) is 5.71. The number of ether oxygens (including phenoxy) is 1. The lowest BCUT2D eigenvalue weighted by Gasteiger charge is -2.04. The Balaban J connectivity index is 1.65. The van der Waals surface area contributed by atoms with Crippen LogP contribution in [0.15, 0.2) is 53.1 Å². The molecule has 5 heteroatoms. The van der Waals surface area contributed by atoms with E-state index < -0.39 is 0 Å². The van der Waals surface area contributed by atoms with Gasteiger partial charge < -0.3 is 9.26 Å². The number of benzene rings is 2. The molecule has 0 fully saturated rings. The molecule has 0 saturated carbocycles. The van der Waals surface area contributed by atoms with Gasteiger partial charge in [-0.15, -0.1) is 0 Å². The first-order valence-corrected chi connectivity index (χ1v) is 7.71. The zero-order chi connectivity index (χ0) is 16.9. The molecular formula is C19H17N3O2. The molecule has 5 nitrogen and oxygen atoms in total. The molecule has 2 aromatic carbocycles. The lowest BCUT2D eigenvalue weighted by atomic mass is 10.0. The highest BCUT2D eigenvalue weighted by molar-refractivity contribution is 5.54. The largest absolute Gasteiger partial charge is 0.484 e. The third-order valence-electron chi connectivity index (χ3n) is 3.65. The van der Waals surface area contributed by atoms with Crippen LogP contribution in [0, 0.1) is 11.3 Å². The minimum absolute atomic E-state index is 0.184. The van der Waals surface area contributed by atoms with E-state index in [1.165, 1.54) is 5.56 Å². The Labute approximate surface area is 140 Å². The van der Waals surface area contributed by atoms with Crippen LogP contribution in [0.2, 0.25) is 0 Å². The van der Waals surface area contributed by atoms with E-state index in [4.69, 9.17) is 14.5 Å². The van der Waals surface area contributed by atoms with E-state index in [-0.39, 0.29) is 6.61 Å². The monoisotopic (exact) mass is 319 g/mol. The zero-order valence-electron chi connectivity index (χ0n) is 13.6. The summed E-state index contributed by atoms with van der Waals surface area (Å²) >= 11 is 0. The molecule has 120 valence electrons. The first kappa shape index (κ1) is 15.8. The van der Waals surface area contributed by atoms with Crippen molar-refractivity contribution in [2.45, 2.75) is 26.4 Å². The minimum Gasteiger partial charge on any atom is -0.484 e. The normalized spacial score (nSPS) is 10.6. The fourth-order valence-electron chi connectivity index (χ4n) is 2.22. The molecule has 1 aromatic heterocycles. The molecule has 0 spiro atoms. The molecule has 0 amide bonds. The van der Waals surface area contributed by atoms with Crippen molar-refractivity contribution in [3.05, 3.63) is 65.5 Å². The Kier molecular flexibility index (Phi) is 4.57. The smallest absolute Gasteiger partial charge is 0.264 e. The van der Waals surface area contributed by atoms with Gasteiger partial charge >= 0.3 is 0 Å². The average molecular weight is 319 g/mol. The Bertz CT molecular complexity index is 844. The van der Waals surface area contributed by atoms with Crippen LogP contribution in [0.4, 0.5) is 0 Å². The summed E-state index contributed by atoms with van der Waals surface area (Å²) in [6, 6.07) is 17.1. The number of aromatic nitrogens is 2. The summed E-state index contributed by atoms with van der Waals surface area (Å²) in [7, 11) is 0. The van der Waals surface area contributed by atoms with E-state index in [2.05, 4.69) is 42.2 Å².